The zero-order valence-electron chi connectivity index (χ0n) is 24.9. The molecule has 0 amide bonds. The van der Waals surface area contributed by atoms with E-state index in [9.17, 15) is 35.7 Å². The minimum atomic E-state index is -2.47. The summed E-state index contributed by atoms with van der Waals surface area (Å²) in [6, 6.07) is 0.810. The molecule has 7 N–H and O–H groups in total. The van der Waals surface area contributed by atoms with E-state index in [-0.39, 0.29) is 6.61 Å². The highest BCUT2D eigenvalue weighted by Crippen LogP contribution is 2.29. The van der Waals surface area contributed by atoms with E-state index in [1.165, 1.54) is 0 Å². The van der Waals surface area contributed by atoms with E-state index in [4.69, 9.17) is 32.2 Å². The van der Waals surface area contributed by atoms with Gasteiger partial charge in [0.2, 0.25) is 0 Å². The zero-order chi connectivity index (χ0) is 31.1. The number of aliphatic hydroxyl groups excluding tert-OH is 7. The third-order valence-electron chi connectivity index (χ3n) is 7.63. The Bertz CT molecular complexity index is 698. The molecular formula is C26H52O14SSi. The topological polar surface area (TPSA) is 206 Å². The number of rotatable bonds is 21. The van der Waals surface area contributed by atoms with Crippen molar-refractivity contribution in [2.75, 3.05) is 52.7 Å². The normalized spacial score (nSPS) is 34.1. The van der Waals surface area contributed by atoms with E-state index in [1.807, 2.05) is 11.8 Å². The molecule has 0 aliphatic carbocycles. The first kappa shape index (κ1) is 38.2. The predicted molar refractivity (Wildman–Crippen MR) is 154 cm³/mol. The highest BCUT2D eigenvalue weighted by Gasteiger charge is 2.50. The van der Waals surface area contributed by atoms with Gasteiger partial charge in [-0.1, -0.05) is 25.7 Å². The molecule has 250 valence electrons. The Morgan fingerprint density at radius 2 is 1.17 bits per heavy atom. The molecule has 42 heavy (non-hydrogen) atoms. The van der Waals surface area contributed by atoms with E-state index in [2.05, 4.69) is 0 Å². The quantitative estimate of drug-likeness (QED) is 0.0587. The molecule has 0 aromatic rings. The van der Waals surface area contributed by atoms with Gasteiger partial charge >= 0.3 is 8.80 Å². The van der Waals surface area contributed by atoms with Crippen LogP contribution in [0.4, 0.5) is 0 Å². The van der Waals surface area contributed by atoms with E-state index in [0.717, 1.165) is 62.5 Å². The van der Waals surface area contributed by atoms with Crippen molar-refractivity contribution in [2.45, 2.75) is 112 Å². The molecule has 2 aliphatic rings. The first-order valence-corrected chi connectivity index (χ1v) is 17.7. The Balaban J connectivity index is 1.60. The predicted octanol–water partition coefficient (Wildman–Crippen LogP) is -1.03. The van der Waals surface area contributed by atoms with Gasteiger partial charge < -0.3 is 68.0 Å². The number of hydrogen-bond donors (Lipinski definition) is 7. The highest BCUT2D eigenvalue weighted by molar-refractivity contribution is 7.99. The summed E-state index contributed by atoms with van der Waals surface area (Å²) in [5.41, 5.74) is 0. The van der Waals surface area contributed by atoms with Crippen molar-refractivity contribution < 1.29 is 68.0 Å². The minimum absolute atomic E-state index is 0.288. The van der Waals surface area contributed by atoms with Gasteiger partial charge in [0, 0.05) is 34.0 Å². The molecule has 2 aliphatic heterocycles. The average molecular weight is 649 g/mol. The van der Waals surface area contributed by atoms with Crippen molar-refractivity contribution in [1.29, 1.82) is 0 Å². The maximum atomic E-state index is 10.7. The Labute approximate surface area is 253 Å². The second-order valence-corrected chi connectivity index (χ2v) is 14.8. The van der Waals surface area contributed by atoms with Crippen LogP contribution in [0.15, 0.2) is 0 Å². The van der Waals surface area contributed by atoms with Crippen LogP contribution in [0, 0.1) is 0 Å². The number of thioether (sulfide) groups is 1. The molecule has 0 saturated carbocycles. The SMILES string of the molecule is CO[Si](CCCSCCCCCCCCO[C@@H]1OC(CO)[C@H](O[C@@H]2OC(CO)[C@H](O)[C@H](O)C2O)[C@H](O)C1O)(OC)OC. The van der Waals surface area contributed by atoms with Crippen molar-refractivity contribution in [1.82, 2.24) is 0 Å². The number of aliphatic hydroxyl groups is 7. The van der Waals surface area contributed by atoms with Gasteiger partial charge in [0.1, 0.15) is 48.8 Å². The van der Waals surface area contributed by atoms with E-state index in [1.54, 1.807) is 21.3 Å². The van der Waals surface area contributed by atoms with Crippen molar-refractivity contribution >= 4 is 20.6 Å². The summed E-state index contributed by atoms with van der Waals surface area (Å²) in [6.07, 6.45) is -7.40. The lowest BCUT2D eigenvalue weighted by molar-refractivity contribution is -0.359. The second kappa shape index (κ2) is 20.2. The molecule has 0 aromatic carbocycles. The molecule has 0 spiro atoms. The van der Waals surface area contributed by atoms with Crippen molar-refractivity contribution in [2.24, 2.45) is 0 Å². The monoisotopic (exact) mass is 648 g/mol. The molecule has 0 radical (unpaired) electrons. The average Bonchev–Trinajstić information content (AvgIpc) is 3.01. The largest absolute Gasteiger partial charge is 0.500 e. The number of ether oxygens (including phenoxy) is 4. The van der Waals surface area contributed by atoms with Gasteiger partial charge in [-0.25, -0.2) is 0 Å². The van der Waals surface area contributed by atoms with E-state index in [0.29, 0.717) is 0 Å². The Kier molecular flexibility index (Phi) is 18.4. The molecule has 0 aromatic heterocycles. The molecular weight excluding hydrogens is 596 g/mol. The first-order valence-electron chi connectivity index (χ1n) is 14.6. The molecule has 2 saturated heterocycles. The first-order chi connectivity index (χ1) is 20.2. The van der Waals surface area contributed by atoms with Gasteiger partial charge in [-0.3, -0.25) is 0 Å². The molecule has 16 heteroatoms. The van der Waals surface area contributed by atoms with E-state index >= 15 is 0 Å². The van der Waals surface area contributed by atoms with E-state index < -0.39 is 83.4 Å². The fourth-order valence-corrected chi connectivity index (χ4v) is 7.89. The maximum absolute atomic E-state index is 10.7. The lowest BCUT2D eigenvalue weighted by Crippen LogP contribution is -2.64. The summed E-state index contributed by atoms with van der Waals surface area (Å²) < 4.78 is 38.4. The third-order valence-corrected chi connectivity index (χ3v) is 11.6. The van der Waals surface area contributed by atoms with Gasteiger partial charge in [0.05, 0.1) is 13.2 Å². The van der Waals surface area contributed by atoms with Crippen molar-refractivity contribution in [3.8, 4) is 0 Å². The number of hydrogen-bond acceptors (Lipinski definition) is 15. The van der Waals surface area contributed by atoms with Gasteiger partial charge in [-0.2, -0.15) is 11.8 Å². The van der Waals surface area contributed by atoms with Crippen LogP contribution in [0.1, 0.15) is 44.9 Å². The minimum Gasteiger partial charge on any atom is -0.394 e. The van der Waals surface area contributed by atoms with Crippen LogP contribution in [-0.4, -0.2) is 159 Å². The lowest BCUT2D eigenvalue weighted by Gasteiger charge is -2.45. The molecule has 0 bridgehead atoms. The maximum Gasteiger partial charge on any atom is 0.500 e. The Morgan fingerprint density at radius 3 is 1.79 bits per heavy atom. The van der Waals surface area contributed by atoms with Crippen LogP contribution < -0.4 is 0 Å². The third kappa shape index (κ3) is 11.1. The summed E-state index contributed by atoms with van der Waals surface area (Å²) >= 11 is 1.93. The zero-order valence-corrected chi connectivity index (χ0v) is 26.7. The molecule has 2 rings (SSSR count). The van der Waals surface area contributed by atoms with Gasteiger partial charge in [0.15, 0.2) is 12.6 Å². The summed E-state index contributed by atoms with van der Waals surface area (Å²) in [7, 11) is 2.42. The Morgan fingerprint density at radius 1 is 0.619 bits per heavy atom. The van der Waals surface area contributed by atoms with Gasteiger partial charge in [0.25, 0.3) is 0 Å². The highest BCUT2D eigenvalue weighted by atomic mass is 32.2. The standard InChI is InChI=1S/C26H52O14SSi/c1-34-42(35-2,36-3)14-10-13-41-12-9-7-5-4-6-8-11-37-25-23(33)21(31)24(18(16-28)39-25)40-26-22(32)20(30)19(29)17(15-27)38-26/h17-33H,4-16H2,1-3H3/t17?,18?,19-,20-,21+,22?,23?,24-,25+,26-/m0/s1. The van der Waals surface area contributed by atoms with Crippen LogP contribution in [0.3, 0.4) is 0 Å². The molecule has 2 fully saturated rings. The van der Waals surface area contributed by atoms with Crippen LogP contribution in [-0.2, 0) is 32.2 Å². The van der Waals surface area contributed by atoms with Crippen molar-refractivity contribution in [3.63, 3.8) is 0 Å². The fraction of sp³-hybridized carbons (Fsp3) is 1.00. The number of unbranched alkanes of at least 4 members (excludes halogenated alkanes) is 5. The second-order valence-electron chi connectivity index (χ2n) is 10.5. The molecule has 4 unspecified atom stereocenters. The van der Waals surface area contributed by atoms with Gasteiger partial charge in [-0.15, -0.1) is 0 Å². The van der Waals surface area contributed by atoms with Gasteiger partial charge in [-0.05, 0) is 30.8 Å². The van der Waals surface area contributed by atoms with Crippen molar-refractivity contribution in [3.05, 3.63) is 0 Å². The summed E-state index contributed by atoms with van der Waals surface area (Å²) in [6.45, 7) is -0.964. The van der Waals surface area contributed by atoms with Crippen LogP contribution in [0.5, 0.6) is 0 Å². The molecule has 14 nitrogen and oxygen atoms in total. The summed E-state index contributed by atoms with van der Waals surface area (Å²) in [4.78, 5) is 0. The molecule has 2 heterocycles. The van der Waals surface area contributed by atoms with Crippen LogP contribution in [0.2, 0.25) is 6.04 Å². The molecule has 10 atom stereocenters. The summed E-state index contributed by atoms with van der Waals surface area (Å²) in [5, 5.41) is 70.5. The van der Waals surface area contributed by atoms with Crippen LogP contribution >= 0.6 is 11.8 Å². The smallest absolute Gasteiger partial charge is 0.394 e. The summed E-state index contributed by atoms with van der Waals surface area (Å²) in [5.74, 6) is 2.15. The Hall–Kier alpha value is 0.00688. The fourth-order valence-electron chi connectivity index (χ4n) is 4.95. The lowest BCUT2D eigenvalue weighted by atomic mass is 9.97. The van der Waals surface area contributed by atoms with Crippen LogP contribution in [0.25, 0.3) is 0 Å².